The number of hydrogen-bond donors (Lipinski definition) is 1. The van der Waals surface area contributed by atoms with E-state index in [0.29, 0.717) is 17.3 Å². The number of halogens is 1. The van der Waals surface area contributed by atoms with Crippen LogP contribution in [0.5, 0.6) is 0 Å². The number of nitrogens with one attached hydrogen (secondary N) is 1. The van der Waals surface area contributed by atoms with Crippen molar-refractivity contribution in [3.63, 3.8) is 0 Å². The van der Waals surface area contributed by atoms with Crippen LogP contribution in [-0.2, 0) is 9.53 Å². The van der Waals surface area contributed by atoms with E-state index in [0.717, 1.165) is 11.1 Å². The molecule has 1 aromatic heterocycles. The summed E-state index contributed by atoms with van der Waals surface area (Å²) >= 11 is 0. The molecule has 8 heteroatoms. The Labute approximate surface area is 189 Å². The molecule has 1 atom stereocenters. The summed E-state index contributed by atoms with van der Waals surface area (Å²) in [6.45, 7) is 3.39. The fourth-order valence-electron chi connectivity index (χ4n) is 3.10. The lowest BCUT2D eigenvalue weighted by atomic mass is 10.1. The Kier molecular flexibility index (Phi) is 6.26. The van der Waals surface area contributed by atoms with Gasteiger partial charge in [0.2, 0.25) is 11.8 Å². The van der Waals surface area contributed by atoms with Crippen molar-refractivity contribution in [2.24, 2.45) is 0 Å². The summed E-state index contributed by atoms with van der Waals surface area (Å²) in [5, 5.41) is 10.7. The average Bonchev–Trinajstić information content (AvgIpc) is 3.29. The van der Waals surface area contributed by atoms with E-state index in [1.807, 2.05) is 31.2 Å². The van der Waals surface area contributed by atoms with Gasteiger partial charge in [-0.3, -0.25) is 4.79 Å². The SMILES string of the molecule is Cc1ccccc1-c1nnc(-c2ccc(C(=O)OC(C)C(=O)Nc3cccc(F)c3)cc2)o1. The number of ether oxygens (including phenoxy) is 1. The first kappa shape index (κ1) is 21.9. The molecule has 1 N–H and O–H groups in total. The quantitative estimate of drug-likeness (QED) is 0.418. The van der Waals surface area contributed by atoms with Gasteiger partial charge in [-0.05, 0) is 67.9 Å². The Morgan fingerprint density at radius 3 is 2.42 bits per heavy atom. The smallest absolute Gasteiger partial charge is 0.338 e. The lowest BCUT2D eigenvalue weighted by Gasteiger charge is -2.13. The topological polar surface area (TPSA) is 94.3 Å². The predicted molar refractivity (Wildman–Crippen MR) is 120 cm³/mol. The lowest BCUT2D eigenvalue weighted by Crippen LogP contribution is -2.30. The number of carbonyl (C=O) groups excluding carboxylic acids is 2. The maximum Gasteiger partial charge on any atom is 0.338 e. The van der Waals surface area contributed by atoms with Crippen molar-refractivity contribution in [3.05, 3.63) is 89.7 Å². The molecule has 0 saturated heterocycles. The van der Waals surface area contributed by atoms with Crippen LogP contribution < -0.4 is 5.32 Å². The third kappa shape index (κ3) is 5.12. The maximum absolute atomic E-state index is 13.3. The van der Waals surface area contributed by atoms with Crippen molar-refractivity contribution in [1.29, 1.82) is 0 Å². The highest BCUT2D eigenvalue weighted by molar-refractivity contribution is 5.97. The molecule has 1 heterocycles. The first-order chi connectivity index (χ1) is 15.9. The number of aryl methyl sites for hydroxylation is 1. The molecular weight excluding hydrogens is 425 g/mol. The van der Waals surface area contributed by atoms with Gasteiger partial charge in [-0.15, -0.1) is 10.2 Å². The zero-order chi connectivity index (χ0) is 23.4. The number of hydrogen-bond acceptors (Lipinski definition) is 6. The molecule has 0 bridgehead atoms. The average molecular weight is 445 g/mol. The molecule has 0 aliphatic carbocycles. The van der Waals surface area contributed by atoms with E-state index in [-0.39, 0.29) is 11.3 Å². The van der Waals surface area contributed by atoms with Crippen LogP contribution in [0.15, 0.2) is 77.2 Å². The minimum absolute atomic E-state index is 0.253. The summed E-state index contributed by atoms with van der Waals surface area (Å²) < 4.78 is 24.3. The third-order valence-corrected chi connectivity index (χ3v) is 4.91. The molecular formula is C25H20FN3O4. The molecule has 0 saturated carbocycles. The standard InChI is InChI=1S/C25H20FN3O4/c1-15-6-3-4-9-21(15)24-29-28-23(33-24)17-10-12-18(13-11-17)25(31)32-16(2)22(30)27-20-8-5-7-19(26)14-20/h3-14,16H,1-2H3,(H,27,30). The van der Waals surface area contributed by atoms with E-state index in [2.05, 4.69) is 15.5 Å². The van der Waals surface area contributed by atoms with Crippen LogP contribution in [0.25, 0.3) is 22.9 Å². The van der Waals surface area contributed by atoms with E-state index in [1.165, 1.54) is 31.2 Å². The van der Waals surface area contributed by atoms with Gasteiger partial charge < -0.3 is 14.5 Å². The normalized spacial score (nSPS) is 11.6. The number of rotatable bonds is 6. The van der Waals surface area contributed by atoms with Crippen molar-refractivity contribution in [1.82, 2.24) is 10.2 Å². The van der Waals surface area contributed by atoms with E-state index >= 15 is 0 Å². The number of amides is 1. The van der Waals surface area contributed by atoms with Crippen molar-refractivity contribution in [3.8, 4) is 22.9 Å². The van der Waals surface area contributed by atoms with Gasteiger partial charge in [-0.1, -0.05) is 24.3 Å². The second-order valence-electron chi connectivity index (χ2n) is 7.35. The van der Waals surface area contributed by atoms with E-state index in [9.17, 15) is 14.0 Å². The zero-order valence-electron chi connectivity index (χ0n) is 17.9. The van der Waals surface area contributed by atoms with Gasteiger partial charge in [0.1, 0.15) is 5.82 Å². The first-order valence-corrected chi connectivity index (χ1v) is 10.2. The summed E-state index contributed by atoms with van der Waals surface area (Å²) in [5.74, 6) is -1.000. The molecule has 166 valence electrons. The summed E-state index contributed by atoms with van der Waals surface area (Å²) in [6, 6.07) is 19.5. The van der Waals surface area contributed by atoms with E-state index in [4.69, 9.17) is 9.15 Å². The van der Waals surface area contributed by atoms with Crippen LogP contribution in [0.3, 0.4) is 0 Å². The van der Waals surface area contributed by atoms with Crippen LogP contribution in [0.4, 0.5) is 10.1 Å². The number of esters is 1. The van der Waals surface area contributed by atoms with Crippen LogP contribution in [0.1, 0.15) is 22.8 Å². The minimum Gasteiger partial charge on any atom is -0.449 e. The van der Waals surface area contributed by atoms with Crippen molar-refractivity contribution in [2.75, 3.05) is 5.32 Å². The molecule has 0 radical (unpaired) electrons. The second-order valence-corrected chi connectivity index (χ2v) is 7.35. The lowest BCUT2D eigenvalue weighted by molar-refractivity contribution is -0.123. The highest BCUT2D eigenvalue weighted by atomic mass is 19.1. The highest BCUT2D eigenvalue weighted by Crippen LogP contribution is 2.26. The van der Waals surface area contributed by atoms with Crippen molar-refractivity contribution >= 4 is 17.6 Å². The predicted octanol–water partition coefficient (Wildman–Crippen LogP) is 5.04. The molecule has 1 unspecified atom stereocenters. The summed E-state index contributed by atoms with van der Waals surface area (Å²) in [5.41, 5.74) is 3.03. The molecule has 3 aromatic carbocycles. The molecule has 4 rings (SSSR count). The fraction of sp³-hybridized carbons (Fsp3) is 0.120. The summed E-state index contributed by atoms with van der Waals surface area (Å²) in [4.78, 5) is 24.7. The largest absolute Gasteiger partial charge is 0.449 e. The molecule has 33 heavy (non-hydrogen) atoms. The van der Waals surface area contributed by atoms with Crippen LogP contribution in [0, 0.1) is 12.7 Å². The number of benzene rings is 3. The Balaban J connectivity index is 1.40. The first-order valence-electron chi connectivity index (χ1n) is 10.2. The van der Waals surface area contributed by atoms with Crippen molar-refractivity contribution < 1.29 is 23.1 Å². The van der Waals surface area contributed by atoms with Crippen molar-refractivity contribution in [2.45, 2.75) is 20.0 Å². The third-order valence-electron chi connectivity index (χ3n) is 4.91. The highest BCUT2D eigenvalue weighted by Gasteiger charge is 2.20. The molecule has 4 aromatic rings. The Bertz CT molecular complexity index is 1300. The van der Waals surface area contributed by atoms with Crippen LogP contribution in [0.2, 0.25) is 0 Å². The van der Waals surface area contributed by atoms with E-state index < -0.39 is 23.8 Å². The Hall–Kier alpha value is -4.33. The molecule has 0 fully saturated rings. The van der Waals surface area contributed by atoms with Gasteiger partial charge in [0.25, 0.3) is 5.91 Å². The molecule has 0 aliphatic heterocycles. The van der Waals surface area contributed by atoms with Gasteiger partial charge >= 0.3 is 5.97 Å². The number of aromatic nitrogens is 2. The Morgan fingerprint density at radius 2 is 1.70 bits per heavy atom. The van der Waals surface area contributed by atoms with Gasteiger partial charge in [0, 0.05) is 16.8 Å². The zero-order valence-corrected chi connectivity index (χ0v) is 17.9. The molecule has 7 nitrogen and oxygen atoms in total. The number of carbonyl (C=O) groups is 2. The van der Waals surface area contributed by atoms with Crippen LogP contribution in [-0.4, -0.2) is 28.2 Å². The fourth-order valence-corrected chi connectivity index (χ4v) is 3.10. The van der Waals surface area contributed by atoms with Crippen LogP contribution >= 0.6 is 0 Å². The molecule has 0 spiro atoms. The molecule has 1 amide bonds. The summed E-state index contributed by atoms with van der Waals surface area (Å²) in [6.07, 6.45) is -1.08. The Morgan fingerprint density at radius 1 is 0.970 bits per heavy atom. The molecule has 0 aliphatic rings. The van der Waals surface area contributed by atoms with E-state index in [1.54, 1.807) is 24.3 Å². The van der Waals surface area contributed by atoms with Gasteiger partial charge in [-0.2, -0.15) is 0 Å². The summed E-state index contributed by atoms with van der Waals surface area (Å²) in [7, 11) is 0. The van der Waals surface area contributed by atoms with Gasteiger partial charge in [0.05, 0.1) is 5.56 Å². The number of anilines is 1. The monoisotopic (exact) mass is 445 g/mol. The minimum atomic E-state index is -1.08. The number of nitrogens with zero attached hydrogens (tertiary/aromatic N) is 2. The van der Waals surface area contributed by atoms with Gasteiger partial charge in [-0.25, -0.2) is 9.18 Å². The second kappa shape index (κ2) is 9.44. The van der Waals surface area contributed by atoms with Gasteiger partial charge in [0.15, 0.2) is 6.10 Å². The maximum atomic E-state index is 13.3.